The van der Waals surface area contributed by atoms with Crippen LogP contribution < -0.4 is 5.06 Å². The third-order valence-corrected chi connectivity index (χ3v) is 5.83. The number of fused-ring (bicyclic) bond motifs is 1. The van der Waals surface area contributed by atoms with Crippen molar-refractivity contribution in [1.29, 1.82) is 0 Å². The zero-order valence-corrected chi connectivity index (χ0v) is 16.9. The van der Waals surface area contributed by atoms with Gasteiger partial charge in [-0.1, -0.05) is 66.7 Å². The van der Waals surface area contributed by atoms with Crippen molar-refractivity contribution in [2.75, 3.05) is 5.06 Å². The highest BCUT2D eigenvalue weighted by molar-refractivity contribution is 6.07. The second-order valence-corrected chi connectivity index (χ2v) is 7.76. The largest absolute Gasteiger partial charge is 0.275 e. The number of carbonyl (C=O) groups excluding carboxylic acids is 2. The molecular weight excluding hydrogens is 410 g/mol. The molecule has 0 spiro atoms. The van der Waals surface area contributed by atoms with Gasteiger partial charge in [-0.3, -0.25) is 29.4 Å². The number of nitrogens with zero attached hydrogens (tertiary/aromatic N) is 3. The Hall–Kier alpha value is -4.04. The molecule has 0 N–H and O–H groups in total. The quantitative estimate of drug-likeness (QED) is 0.349. The third kappa shape index (κ3) is 3.30. The molecule has 0 bridgehead atoms. The Balaban J connectivity index is 1.53. The zero-order chi connectivity index (χ0) is 22.2. The van der Waals surface area contributed by atoms with Gasteiger partial charge in [-0.2, -0.15) is 0 Å². The molecule has 8 nitrogen and oxygen atoms in total. The fourth-order valence-electron chi connectivity index (χ4n) is 4.35. The summed E-state index contributed by atoms with van der Waals surface area (Å²) in [5.41, 5.74) is 1.95. The molecule has 2 amide bonds. The molecular formula is C24H19N3O5. The van der Waals surface area contributed by atoms with E-state index in [4.69, 9.17) is 4.84 Å². The van der Waals surface area contributed by atoms with E-state index < -0.39 is 28.9 Å². The number of nitro groups is 1. The van der Waals surface area contributed by atoms with E-state index in [1.165, 1.54) is 22.1 Å². The van der Waals surface area contributed by atoms with Crippen LogP contribution in [0.4, 0.5) is 11.4 Å². The number of rotatable bonds is 5. The summed E-state index contributed by atoms with van der Waals surface area (Å²) in [6.45, 7) is 0.174. The van der Waals surface area contributed by atoms with Gasteiger partial charge in [0.25, 0.3) is 11.6 Å². The Morgan fingerprint density at radius 3 is 2.25 bits per heavy atom. The van der Waals surface area contributed by atoms with Gasteiger partial charge in [-0.25, -0.2) is 5.06 Å². The summed E-state index contributed by atoms with van der Waals surface area (Å²) >= 11 is 0. The molecule has 0 aromatic heterocycles. The molecule has 2 aliphatic heterocycles. The molecule has 2 saturated heterocycles. The maximum absolute atomic E-state index is 13.4. The highest BCUT2D eigenvalue weighted by Crippen LogP contribution is 2.47. The van der Waals surface area contributed by atoms with Crippen molar-refractivity contribution in [2.45, 2.75) is 18.7 Å². The molecule has 0 unspecified atom stereocenters. The minimum atomic E-state index is -0.990. The highest BCUT2D eigenvalue weighted by Gasteiger charge is 2.59. The van der Waals surface area contributed by atoms with E-state index in [1.807, 2.05) is 60.7 Å². The number of amides is 2. The Bertz CT molecular complexity index is 1180. The van der Waals surface area contributed by atoms with Crippen LogP contribution in [0.3, 0.4) is 0 Å². The molecule has 2 heterocycles. The molecule has 32 heavy (non-hydrogen) atoms. The fraction of sp³-hybridized carbons (Fsp3) is 0.167. The van der Waals surface area contributed by atoms with Gasteiger partial charge in [-0.05, 0) is 17.2 Å². The van der Waals surface area contributed by atoms with Crippen LogP contribution in [-0.4, -0.2) is 27.7 Å². The van der Waals surface area contributed by atoms with Gasteiger partial charge in [0, 0.05) is 12.1 Å². The van der Waals surface area contributed by atoms with E-state index in [1.54, 1.807) is 12.1 Å². The van der Waals surface area contributed by atoms with E-state index in [0.29, 0.717) is 5.69 Å². The zero-order valence-electron chi connectivity index (χ0n) is 16.9. The van der Waals surface area contributed by atoms with Crippen LogP contribution in [0.25, 0.3) is 0 Å². The molecule has 0 saturated carbocycles. The van der Waals surface area contributed by atoms with E-state index in [9.17, 15) is 19.7 Å². The Morgan fingerprint density at radius 2 is 1.56 bits per heavy atom. The van der Waals surface area contributed by atoms with Crippen molar-refractivity contribution in [3.63, 3.8) is 0 Å². The van der Waals surface area contributed by atoms with Gasteiger partial charge in [0.15, 0.2) is 6.10 Å². The Kier molecular flexibility index (Phi) is 4.91. The van der Waals surface area contributed by atoms with Crippen molar-refractivity contribution in [2.24, 2.45) is 5.92 Å². The molecule has 0 radical (unpaired) electrons. The minimum Gasteiger partial charge on any atom is -0.275 e. The summed E-state index contributed by atoms with van der Waals surface area (Å²) in [6.07, 6.45) is -0.990. The molecule has 160 valence electrons. The predicted molar refractivity (Wildman–Crippen MR) is 115 cm³/mol. The van der Waals surface area contributed by atoms with Crippen LogP contribution in [-0.2, 0) is 21.0 Å². The predicted octanol–water partition coefficient (Wildman–Crippen LogP) is 3.64. The number of likely N-dealkylation sites (tertiary alicyclic amines) is 1. The summed E-state index contributed by atoms with van der Waals surface area (Å²) in [5.74, 6) is -1.48. The number of hydroxylamine groups is 1. The monoisotopic (exact) mass is 429 g/mol. The first kappa shape index (κ1) is 19.9. The third-order valence-electron chi connectivity index (χ3n) is 5.83. The van der Waals surface area contributed by atoms with Crippen molar-refractivity contribution in [1.82, 2.24) is 4.90 Å². The molecule has 3 aromatic carbocycles. The molecule has 3 atom stereocenters. The van der Waals surface area contributed by atoms with Crippen LogP contribution in [0.15, 0.2) is 84.9 Å². The van der Waals surface area contributed by atoms with Crippen LogP contribution in [0.5, 0.6) is 0 Å². The number of benzene rings is 3. The number of imide groups is 1. The van der Waals surface area contributed by atoms with Crippen molar-refractivity contribution >= 4 is 23.2 Å². The summed E-state index contributed by atoms with van der Waals surface area (Å²) in [7, 11) is 0. The van der Waals surface area contributed by atoms with E-state index in [-0.39, 0.29) is 18.1 Å². The smallest absolute Gasteiger partial charge is 0.271 e. The number of anilines is 1. The van der Waals surface area contributed by atoms with Crippen LogP contribution in [0.2, 0.25) is 0 Å². The van der Waals surface area contributed by atoms with Crippen molar-refractivity contribution in [3.8, 4) is 0 Å². The Labute approximate surface area is 183 Å². The summed E-state index contributed by atoms with van der Waals surface area (Å²) in [5, 5.41) is 12.7. The summed E-state index contributed by atoms with van der Waals surface area (Å²) < 4.78 is 0. The minimum absolute atomic E-state index is 0.0988. The molecule has 3 aromatic rings. The molecule has 0 aliphatic carbocycles. The second-order valence-electron chi connectivity index (χ2n) is 7.76. The standard InChI is InChI=1S/C24H19N3O5/c28-23-20-21(17-10-5-2-6-11-17)26(18-12-7-13-19(14-18)27(30)31)32-22(20)24(29)25(23)15-16-8-3-1-4-9-16/h1-14,20-22H,15H2/t20-,21-,22-/m1/s1. The maximum Gasteiger partial charge on any atom is 0.271 e. The van der Waals surface area contributed by atoms with E-state index in [0.717, 1.165) is 11.1 Å². The average Bonchev–Trinajstić information content (AvgIpc) is 3.32. The lowest BCUT2D eigenvalue weighted by atomic mass is 9.90. The average molecular weight is 429 g/mol. The van der Waals surface area contributed by atoms with Gasteiger partial charge in [0.1, 0.15) is 5.92 Å². The normalized spacial score (nSPS) is 22.3. The summed E-state index contributed by atoms with van der Waals surface area (Å²) in [6, 6.07) is 24.0. The van der Waals surface area contributed by atoms with Gasteiger partial charge >= 0.3 is 0 Å². The first-order valence-electron chi connectivity index (χ1n) is 10.2. The number of hydrogen-bond donors (Lipinski definition) is 0. The van der Waals surface area contributed by atoms with E-state index in [2.05, 4.69) is 0 Å². The molecule has 5 rings (SSSR count). The van der Waals surface area contributed by atoms with Gasteiger partial charge in [0.2, 0.25) is 5.91 Å². The first-order chi connectivity index (χ1) is 15.5. The molecule has 2 fully saturated rings. The Morgan fingerprint density at radius 1 is 0.875 bits per heavy atom. The number of non-ortho nitro benzene ring substituents is 1. The number of hydrogen-bond acceptors (Lipinski definition) is 6. The lowest BCUT2D eigenvalue weighted by molar-refractivity contribution is -0.384. The second kappa shape index (κ2) is 7.90. The number of nitro benzene ring substituents is 1. The van der Waals surface area contributed by atoms with Crippen LogP contribution in [0.1, 0.15) is 17.2 Å². The maximum atomic E-state index is 13.4. The van der Waals surface area contributed by atoms with Gasteiger partial charge in [-0.15, -0.1) is 0 Å². The van der Waals surface area contributed by atoms with Crippen molar-refractivity contribution < 1.29 is 19.3 Å². The first-order valence-corrected chi connectivity index (χ1v) is 10.2. The highest BCUT2D eigenvalue weighted by atomic mass is 16.7. The van der Waals surface area contributed by atoms with Gasteiger partial charge < -0.3 is 0 Å². The van der Waals surface area contributed by atoms with Crippen LogP contribution in [0, 0.1) is 16.0 Å². The lowest BCUT2D eigenvalue weighted by Crippen LogP contribution is -2.36. The number of carbonyl (C=O) groups is 2. The molecule has 2 aliphatic rings. The fourth-order valence-corrected chi connectivity index (χ4v) is 4.35. The van der Waals surface area contributed by atoms with Crippen molar-refractivity contribution in [3.05, 3.63) is 106 Å². The molecule has 8 heteroatoms. The van der Waals surface area contributed by atoms with Gasteiger partial charge in [0.05, 0.1) is 23.2 Å². The topological polar surface area (TPSA) is 93.0 Å². The SMILES string of the molecule is O=C1[C@@H]2[C@@H](c3ccccc3)N(c3cccc([N+](=O)[O-])c3)O[C@H]2C(=O)N1Cc1ccccc1. The lowest BCUT2D eigenvalue weighted by Gasteiger charge is -2.28. The van der Waals surface area contributed by atoms with Crippen LogP contribution >= 0.6 is 0 Å². The van der Waals surface area contributed by atoms with E-state index >= 15 is 0 Å². The summed E-state index contributed by atoms with van der Waals surface area (Å²) in [4.78, 5) is 44.6.